The van der Waals surface area contributed by atoms with Gasteiger partial charge in [-0.05, 0) is 49.6 Å². The Morgan fingerprint density at radius 2 is 1.63 bits per heavy atom. The first-order valence-electron chi connectivity index (χ1n) is 6.18. The van der Waals surface area contributed by atoms with Crippen LogP contribution in [0.2, 0.25) is 0 Å². The summed E-state index contributed by atoms with van der Waals surface area (Å²) in [5, 5.41) is 0. The van der Waals surface area contributed by atoms with Crippen LogP contribution in [0, 0.1) is 26.6 Å². The van der Waals surface area contributed by atoms with E-state index in [1.165, 1.54) is 11.6 Å². The lowest BCUT2D eigenvalue weighted by molar-refractivity contribution is 0.595. The minimum absolute atomic E-state index is 0.280. The first kappa shape index (κ1) is 13.9. The van der Waals surface area contributed by atoms with Crippen LogP contribution in [0.3, 0.4) is 0 Å². The van der Waals surface area contributed by atoms with Crippen LogP contribution in [0.4, 0.5) is 4.39 Å². The summed E-state index contributed by atoms with van der Waals surface area (Å²) in [6.07, 6.45) is 0. The van der Waals surface area contributed by atoms with Crippen LogP contribution in [-0.4, -0.2) is 4.21 Å². The van der Waals surface area contributed by atoms with Gasteiger partial charge in [0, 0.05) is 0 Å². The Balaban J connectivity index is 2.32. The van der Waals surface area contributed by atoms with E-state index in [4.69, 9.17) is 0 Å². The highest BCUT2D eigenvalue weighted by molar-refractivity contribution is 7.84. The molecular formula is C16H17FOS. The molecule has 0 heterocycles. The summed E-state index contributed by atoms with van der Waals surface area (Å²) in [7, 11) is -1.35. The highest BCUT2D eigenvalue weighted by Crippen LogP contribution is 2.21. The Hall–Kier alpha value is -1.48. The van der Waals surface area contributed by atoms with E-state index in [-0.39, 0.29) is 4.90 Å². The van der Waals surface area contributed by atoms with Crippen LogP contribution in [0.1, 0.15) is 22.3 Å². The van der Waals surface area contributed by atoms with Gasteiger partial charge in [0.05, 0.1) is 21.4 Å². The van der Waals surface area contributed by atoms with Crippen LogP contribution in [0.15, 0.2) is 41.3 Å². The van der Waals surface area contributed by atoms with Gasteiger partial charge in [-0.3, -0.25) is 4.21 Å². The van der Waals surface area contributed by atoms with Crippen molar-refractivity contribution in [3.63, 3.8) is 0 Å². The molecule has 1 unspecified atom stereocenters. The van der Waals surface area contributed by atoms with E-state index in [1.54, 1.807) is 18.2 Å². The third kappa shape index (κ3) is 3.10. The lowest BCUT2D eigenvalue weighted by Crippen LogP contribution is -2.03. The van der Waals surface area contributed by atoms with Crippen molar-refractivity contribution in [2.45, 2.75) is 31.4 Å². The van der Waals surface area contributed by atoms with Crippen LogP contribution < -0.4 is 0 Å². The average molecular weight is 276 g/mol. The number of hydrogen-bond acceptors (Lipinski definition) is 1. The van der Waals surface area contributed by atoms with Crippen molar-refractivity contribution < 1.29 is 8.60 Å². The zero-order valence-corrected chi connectivity index (χ0v) is 12.2. The van der Waals surface area contributed by atoms with Gasteiger partial charge in [-0.1, -0.05) is 29.8 Å². The predicted molar refractivity (Wildman–Crippen MR) is 77.2 cm³/mol. The van der Waals surface area contributed by atoms with Crippen LogP contribution in [-0.2, 0) is 16.6 Å². The van der Waals surface area contributed by atoms with E-state index in [0.29, 0.717) is 5.75 Å². The molecule has 0 radical (unpaired) electrons. The summed E-state index contributed by atoms with van der Waals surface area (Å²) in [4.78, 5) is 0.280. The van der Waals surface area contributed by atoms with E-state index < -0.39 is 16.6 Å². The normalized spacial score (nSPS) is 12.4. The summed E-state index contributed by atoms with van der Waals surface area (Å²) in [6.45, 7) is 6.05. The first-order chi connectivity index (χ1) is 8.99. The average Bonchev–Trinajstić information content (AvgIpc) is 2.34. The van der Waals surface area contributed by atoms with Crippen molar-refractivity contribution >= 4 is 10.8 Å². The van der Waals surface area contributed by atoms with Crippen LogP contribution in [0.5, 0.6) is 0 Å². The topological polar surface area (TPSA) is 17.1 Å². The largest absolute Gasteiger partial charge is 0.254 e. The molecule has 0 bridgehead atoms. The van der Waals surface area contributed by atoms with E-state index in [2.05, 4.69) is 12.1 Å². The Labute approximate surface area is 115 Å². The Morgan fingerprint density at radius 1 is 1.05 bits per heavy atom. The van der Waals surface area contributed by atoms with Crippen molar-refractivity contribution in [2.24, 2.45) is 0 Å². The maximum Gasteiger partial charge on any atom is 0.139 e. The number of rotatable bonds is 3. The number of aryl methyl sites for hydroxylation is 3. The zero-order chi connectivity index (χ0) is 14.0. The second-order valence-corrected chi connectivity index (χ2v) is 6.22. The molecule has 2 aromatic rings. The van der Waals surface area contributed by atoms with Gasteiger partial charge >= 0.3 is 0 Å². The molecule has 0 aromatic heterocycles. The minimum atomic E-state index is -1.35. The fourth-order valence-corrected chi connectivity index (χ4v) is 3.66. The van der Waals surface area contributed by atoms with Gasteiger partial charge in [0.2, 0.25) is 0 Å². The van der Waals surface area contributed by atoms with Crippen molar-refractivity contribution in [3.8, 4) is 0 Å². The number of hydrogen-bond donors (Lipinski definition) is 0. The van der Waals surface area contributed by atoms with Crippen molar-refractivity contribution in [1.82, 2.24) is 0 Å². The molecule has 0 saturated heterocycles. The van der Waals surface area contributed by atoms with Crippen molar-refractivity contribution in [1.29, 1.82) is 0 Å². The van der Waals surface area contributed by atoms with E-state index in [0.717, 1.165) is 16.7 Å². The molecule has 1 nitrogen and oxygen atoms in total. The van der Waals surface area contributed by atoms with Crippen molar-refractivity contribution in [3.05, 3.63) is 64.5 Å². The van der Waals surface area contributed by atoms with Gasteiger partial charge in [-0.25, -0.2) is 4.39 Å². The minimum Gasteiger partial charge on any atom is -0.254 e. The molecule has 0 aliphatic carbocycles. The standard InChI is InChI=1S/C16H17FOS/c1-11-8-12(2)14(13(3)9-11)10-19(18)16-7-5-4-6-15(16)17/h4-9H,10H2,1-3H3. The number of benzene rings is 2. The Bertz CT molecular complexity index is 611. The van der Waals surface area contributed by atoms with Gasteiger partial charge in [0.15, 0.2) is 0 Å². The molecule has 2 rings (SSSR count). The number of halogens is 1. The molecule has 0 amide bonds. The van der Waals surface area contributed by atoms with Gasteiger partial charge in [-0.15, -0.1) is 0 Å². The van der Waals surface area contributed by atoms with Crippen LogP contribution >= 0.6 is 0 Å². The van der Waals surface area contributed by atoms with E-state index in [1.807, 2.05) is 20.8 Å². The molecule has 0 spiro atoms. The highest BCUT2D eigenvalue weighted by Gasteiger charge is 2.13. The molecule has 100 valence electrons. The van der Waals surface area contributed by atoms with Gasteiger partial charge in [0.1, 0.15) is 5.82 Å². The lowest BCUT2D eigenvalue weighted by atomic mass is 10.0. The molecule has 0 saturated carbocycles. The fourth-order valence-electron chi connectivity index (χ4n) is 2.28. The molecular weight excluding hydrogens is 259 g/mol. The second kappa shape index (κ2) is 5.66. The van der Waals surface area contributed by atoms with Crippen molar-refractivity contribution in [2.75, 3.05) is 0 Å². The summed E-state index contributed by atoms with van der Waals surface area (Å²) in [5.74, 6) is -0.0398. The van der Waals surface area contributed by atoms with Crippen LogP contribution in [0.25, 0.3) is 0 Å². The molecule has 3 heteroatoms. The monoisotopic (exact) mass is 276 g/mol. The maximum absolute atomic E-state index is 13.6. The summed E-state index contributed by atoms with van der Waals surface area (Å²) < 4.78 is 25.9. The smallest absolute Gasteiger partial charge is 0.139 e. The van der Waals surface area contributed by atoms with E-state index in [9.17, 15) is 8.60 Å². The third-order valence-electron chi connectivity index (χ3n) is 3.20. The van der Waals surface area contributed by atoms with E-state index >= 15 is 0 Å². The predicted octanol–water partition coefficient (Wildman–Crippen LogP) is 4.06. The summed E-state index contributed by atoms with van der Waals surface area (Å²) in [6, 6.07) is 10.4. The van der Waals surface area contributed by atoms with Gasteiger partial charge in [-0.2, -0.15) is 0 Å². The Morgan fingerprint density at radius 3 is 2.21 bits per heavy atom. The molecule has 0 fully saturated rings. The summed E-state index contributed by atoms with van der Waals surface area (Å²) in [5.41, 5.74) is 4.46. The first-order valence-corrected chi connectivity index (χ1v) is 7.50. The SMILES string of the molecule is Cc1cc(C)c(CS(=O)c2ccccc2F)c(C)c1. The highest BCUT2D eigenvalue weighted by atomic mass is 32.2. The quantitative estimate of drug-likeness (QED) is 0.826. The fraction of sp³-hybridized carbons (Fsp3) is 0.250. The Kier molecular flexibility index (Phi) is 4.15. The molecule has 2 aromatic carbocycles. The van der Waals surface area contributed by atoms with Gasteiger partial charge in [0.25, 0.3) is 0 Å². The molecule has 0 aliphatic rings. The van der Waals surface area contributed by atoms with Gasteiger partial charge < -0.3 is 0 Å². The third-order valence-corrected chi connectivity index (χ3v) is 4.57. The lowest BCUT2D eigenvalue weighted by Gasteiger charge is -2.11. The molecule has 0 N–H and O–H groups in total. The molecule has 1 atom stereocenters. The maximum atomic E-state index is 13.6. The molecule has 0 aliphatic heterocycles. The molecule has 19 heavy (non-hydrogen) atoms. The summed E-state index contributed by atoms with van der Waals surface area (Å²) >= 11 is 0. The zero-order valence-electron chi connectivity index (χ0n) is 11.4. The second-order valence-electron chi connectivity index (χ2n) is 4.80.